The maximum absolute atomic E-state index is 11.1. The van der Waals surface area contributed by atoms with Gasteiger partial charge >= 0.3 is 0 Å². The standard InChI is InChI=1S/C19H22N2O/c1-14-19(15-7-3-2-4-8-15)17-10-6-5-9-16(17)13-21(14)12-11-18(20)22/h2-10,14,19H,11-13H2,1H3,(H2,20,22). The first-order valence-electron chi connectivity index (χ1n) is 7.82. The van der Waals surface area contributed by atoms with Crippen molar-refractivity contribution in [1.82, 2.24) is 4.90 Å². The summed E-state index contributed by atoms with van der Waals surface area (Å²) in [5, 5.41) is 0. The van der Waals surface area contributed by atoms with Crippen LogP contribution in [0.3, 0.4) is 0 Å². The molecule has 1 aliphatic rings. The predicted octanol–water partition coefficient (Wildman–Crippen LogP) is 2.90. The van der Waals surface area contributed by atoms with E-state index in [2.05, 4.69) is 60.4 Å². The molecule has 0 fully saturated rings. The van der Waals surface area contributed by atoms with Gasteiger partial charge in [0.2, 0.25) is 5.91 Å². The van der Waals surface area contributed by atoms with E-state index in [0.29, 0.717) is 24.9 Å². The van der Waals surface area contributed by atoms with Gasteiger partial charge in [-0.3, -0.25) is 9.69 Å². The average Bonchev–Trinajstić information content (AvgIpc) is 2.53. The molecule has 22 heavy (non-hydrogen) atoms. The van der Waals surface area contributed by atoms with Crippen LogP contribution in [0.5, 0.6) is 0 Å². The maximum atomic E-state index is 11.1. The molecule has 0 radical (unpaired) electrons. The normalized spacial score (nSPS) is 21.3. The Kier molecular flexibility index (Phi) is 4.25. The number of fused-ring (bicyclic) bond motifs is 1. The summed E-state index contributed by atoms with van der Waals surface area (Å²) in [6.07, 6.45) is 0.411. The molecular weight excluding hydrogens is 272 g/mol. The van der Waals surface area contributed by atoms with Crippen molar-refractivity contribution >= 4 is 5.91 Å². The van der Waals surface area contributed by atoms with Gasteiger partial charge in [-0.05, 0) is 23.6 Å². The molecule has 2 N–H and O–H groups in total. The Balaban J connectivity index is 1.97. The molecule has 3 nitrogen and oxygen atoms in total. The summed E-state index contributed by atoms with van der Waals surface area (Å²) in [6.45, 7) is 3.84. The summed E-state index contributed by atoms with van der Waals surface area (Å²) in [5.41, 5.74) is 9.40. The number of nitrogens with two attached hydrogens (primary N) is 1. The molecular formula is C19H22N2O. The third-order valence-corrected chi connectivity index (χ3v) is 4.63. The number of hydrogen-bond donors (Lipinski definition) is 1. The molecule has 2 atom stereocenters. The van der Waals surface area contributed by atoms with Crippen LogP contribution in [0, 0.1) is 0 Å². The van der Waals surface area contributed by atoms with Gasteiger partial charge in [0, 0.05) is 31.5 Å². The van der Waals surface area contributed by atoms with Crippen LogP contribution in [0.1, 0.15) is 36.0 Å². The van der Waals surface area contributed by atoms with Gasteiger partial charge in [0.15, 0.2) is 0 Å². The smallest absolute Gasteiger partial charge is 0.218 e. The number of carbonyl (C=O) groups excluding carboxylic acids is 1. The molecule has 114 valence electrons. The summed E-state index contributed by atoms with van der Waals surface area (Å²) >= 11 is 0. The minimum Gasteiger partial charge on any atom is -0.370 e. The number of primary amides is 1. The van der Waals surface area contributed by atoms with E-state index in [1.165, 1.54) is 16.7 Å². The Bertz CT molecular complexity index is 653. The van der Waals surface area contributed by atoms with Crippen molar-refractivity contribution in [2.75, 3.05) is 6.54 Å². The minimum absolute atomic E-state index is 0.234. The van der Waals surface area contributed by atoms with Gasteiger partial charge in [0.1, 0.15) is 0 Å². The first-order valence-corrected chi connectivity index (χ1v) is 7.82. The molecule has 3 rings (SSSR count). The number of hydrogen-bond acceptors (Lipinski definition) is 2. The van der Waals surface area contributed by atoms with E-state index in [4.69, 9.17) is 5.73 Å². The van der Waals surface area contributed by atoms with E-state index in [1.54, 1.807) is 0 Å². The summed E-state index contributed by atoms with van der Waals surface area (Å²) in [4.78, 5) is 13.5. The van der Waals surface area contributed by atoms with Crippen molar-refractivity contribution in [3.05, 3.63) is 71.3 Å². The summed E-state index contributed by atoms with van der Waals surface area (Å²) < 4.78 is 0. The molecule has 2 aromatic carbocycles. The third kappa shape index (κ3) is 2.90. The zero-order valence-corrected chi connectivity index (χ0v) is 12.9. The number of amides is 1. The molecule has 2 aromatic rings. The van der Waals surface area contributed by atoms with Gasteiger partial charge in [0.25, 0.3) is 0 Å². The van der Waals surface area contributed by atoms with Gasteiger partial charge in [-0.2, -0.15) is 0 Å². The van der Waals surface area contributed by atoms with Gasteiger partial charge in [-0.1, -0.05) is 54.6 Å². The van der Waals surface area contributed by atoms with Crippen LogP contribution in [-0.2, 0) is 11.3 Å². The lowest BCUT2D eigenvalue weighted by molar-refractivity contribution is -0.118. The SMILES string of the molecule is CC1C(c2ccccc2)c2ccccc2CN1CCC(N)=O. The van der Waals surface area contributed by atoms with E-state index in [1.807, 2.05) is 6.07 Å². The summed E-state index contributed by atoms with van der Waals surface area (Å²) in [7, 11) is 0. The Hall–Kier alpha value is -2.13. The Morgan fingerprint density at radius 1 is 1.14 bits per heavy atom. The fourth-order valence-electron chi connectivity index (χ4n) is 3.47. The van der Waals surface area contributed by atoms with Crippen molar-refractivity contribution in [3.63, 3.8) is 0 Å². The highest BCUT2D eigenvalue weighted by Gasteiger charge is 2.32. The molecule has 0 spiro atoms. The van der Waals surface area contributed by atoms with Crippen LogP contribution in [0.4, 0.5) is 0 Å². The molecule has 0 aromatic heterocycles. The van der Waals surface area contributed by atoms with Crippen molar-refractivity contribution in [1.29, 1.82) is 0 Å². The van der Waals surface area contributed by atoms with E-state index in [0.717, 1.165) is 6.54 Å². The molecule has 0 aliphatic carbocycles. The number of benzene rings is 2. The number of rotatable bonds is 4. The molecule has 0 saturated carbocycles. The minimum atomic E-state index is -0.234. The van der Waals surface area contributed by atoms with E-state index in [-0.39, 0.29) is 5.91 Å². The van der Waals surface area contributed by atoms with Crippen molar-refractivity contribution in [3.8, 4) is 0 Å². The largest absolute Gasteiger partial charge is 0.370 e. The highest BCUT2D eigenvalue weighted by Crippen LogP contribution is 2.37. The first kappa shape index (κ1) is 14.8. The monoisotopic (exact) mass is 294 g/mol. The van der Waals surface area contributed by atoms with Gasteiger partial charge in [-0.25, -0.2) is 0 Å². The van der Waals surface area contributed by atoms with Crippen LogP contribution in [0.25, 0.3) is 0 Å². The second-order valence-corrected chi connectivity index (χ2v) is 6.01. The Morgan fingerprint density at radius 3 is 2.55 bits per heavy atom. The predicted molar refractivity (Wildman–Crippen MR) is 88.4 cm³/mol. The zero-order valence-electron chi connectivity index (χ0n) is 12.9. The van der Waals surface area contributed by atoms with Crippen LogP contribution in [-0.4, -0.2) is 23.4 Å². The number of nitrogens with zero attached hydrogens (tertiary/aromatic N) is 1. The maximum Gasteiger partial charge on any atom is 0.218 e. The van der Waals surface area contributed by atoms with Crippen molar-refractivity contribution in [2.45, 2.75) is 31.8 Å². The summed E-state index contributed by atoms with van der Waals surface area (Å²) in [6, 6.07) is 19.6. The average molecular weight is 294 g/mol. The van der Waals surface area contributed by atoms with E-state index < -0.39 is 0 Å². The molecule has 1 amide bonds. The van der Waals surface area contributed by atoms with Gasteiger partial charge in [-0.15, -0.1) is 0 Å². The second kappa shape index (κ2) is 6.32. The fraction of sp³-hybridized carbons (Fsp3) is 0.316. The fourth-order valence-corrected chi connectivity index (χ4v) is 3.47. The lowest BCUT2D eigenvalue weighted by atomic mass is 9.79. The second-order valence-electron chi connectivity index (χ2n) is 6.01. The zero-order chi connectivity index (χ0) is 15.5. The Morgan fingerprint density at radius 2 is 1.82 bits per heavy atom. The van der Waals surface area contributed by atoms with Gasteiger partial charge < -0.3 is 5.73 Å². The van der Waals surface area contributed by atoms with Gasteiger partial charge in [0.05, 0.1) is 0 Å². The van der Waals surface area contributed by atoms with Crippen LogP contribution in [0.15, 0.2) is 54.6 Å². The quantitative estimate of drug-likeness (QED) is 0.942. The third-order valence-electron chi connectivity index (χ3n) is 4.63. The topological polar surface area (TPSA) is 46.3 Å². The first-order chi connectivity index (χ1) is 10.7. The highest BCUT2D eigenvalue weighted by atomic mass is 16.1. The van der Waals surface area contributed by atoms with Crippen molar-refractivity contribution < 1.29 is 4.79 Å². The molecule has 0 bridgehead atoms. The van der Waals surface area contributed by atoms with Crippen LogP contribution in [0.2, 0.25) is 0 Å². The Labute approximate surface area is 131 Å². The van der Waals surface area contributed by atoms with E-state index >= 15 is 0 Å². The van der Waals surface area contributed by atoms with Crippen LogP contribution >= 0.6 is 0 Å². The van der Waals surface area contributed by atoms with Crippen molar-refractivity contribution in [2.24, 2.45) is 5.73 Å². The molecule has 2 unspecified atom stereocenters. The molecule has 1 aliphatic heterocycles. The summed E-state index contributed by atoms with van der Waals surface area (Å²) in [5.74, 6) is 0.0985. The molecule has 3 heteroatoms. The highest BCUT2D eigenvalue weighted by molar-refractivity contribution is 5.73. The number of carbonyl (C=O) groups is 1. The molecule has 1 heterocycles. The lowest BCUT2D eigenvalue weighted by Gasteiger charge is -2.41. The lowest BCUT2D eigenvalue weighted by Crippen LogP contribution is -2.43. The molecule has 0 saturated heterocycles. The van der Waals surface area contributed by atoms with E-state index in [9.17, 15) is 4.79 Å². The van der Waals surface area contributed by atoms with Crippen LogP contribution < -0.4 is 5.73 Å².